The molecule has 3 N–H and O–H groups in total. The first-order valence-electron chi connectivity index (χ1n) is 13.2. The van der Waals surface area contributed by atoms with Gasteiger partial charge in [-0.25, -0.2) is 17.9 Å². The van der Waals surface area contributed by atoms with Crippen molar-refractivity contribution in [1.29, 1.82) is 5.26 Å². The first-order valence-corrected chi connectivity index (χ1v) is 15.1. The smallest absolute Gasteiger partial charge is 0.408 e. The minimum atomic E-state index is -4.07. The summed E-state index contributed by atoms with van der Waals surface area (Å²) in [6.45, 7) is 2.75. The number of carbonyl (C=O) groups is 3. The minimum Gasteiger partial charge on any atom is -0.456 e. The topological polar surface area (TPSA) is 164 Å². The highest BCUT2D eigenvalue weighted by molar-refractivity contribution is 7.89. The zero-order chi connectivity index (χ0) is 31.4. The molecule has 0 aliphatic carbocycles. The van der Waals surface area contributed by atoms with Crippen LogP contribution in [0.25, 0.3) is 0 Å². The third kappa shape index (κ3) is 10.4. The third-order valence-electron chi connectivity index (χ3n) is 5.90. The first kappa shape index (κ1) is 33.1. The molecule has 3 aromatic rings. The van der Waals surface area contributed by atoms with Crippen molar-refractivity contribution in [2.75, 3.05) is 13.1 Å². The summed E-state index contributed by atoms with van der Waals surface area (Å²) in [6, 6.07) is 20.1. The number of rotatable bonds is 14. The van der Waals surface area contributed by atoms with E-state index >= 15 is 0 Å². The van der Waals surface area contributed by atoms with Gasteiger partial charge in [-0.15, -0.1) is 0 Å². The SMILES string of the molecule is CC(C)C[C@@H](NC(=O)OCc1ccccc1)C(=O)NCC(=O)CNS(=O)(=O)c1ccc(Oc2cccc(Cl)c2C#N)cc1. The number of Topliss-reactive ketones (excluding diaryl/α,β-unsaturated/α-hetero) is 1. The molecule has 2 amide bonds. The maximum Gasteiger partial charge on any atom is 0.408 e. The van der Waals surface area contributed by atoms with Gasteiger partial charge >= 0.3 is 6.09 Å². The zero-order valence-corrected chi connectivity index (χ0v) is 25.1. The first-order chi connectivity index (χ1) is 20.5. The van der Waals surface area contributed by atoms with Gasteiger partial charge in [-0.2, -0.15) is 5.26 Å². The van der Waals surface area contributed by atoms with E-state index in [1.165, 1.54) is 24.3 Å². The lowest BCUT2D eigenvalue weighted by atomic mass is 10.0. The van der Waals surface area contributed by atoms with Crippen LogP contribution in [-0.4, -0.2) is 45.3 Å². The van der Waals surface area contributed by atoms with Crippen molar-refractivity contribution < 1.29 is 32.3 Å². The average Bonchev–Trinajstić information content (AvgIpc) is 2.98. The molecule has 0 aromatic heterocycles. The van der Waals surface area contributed by atoms with Gasteiger partial charge in [-0.1, -0.05) is 61.8 Å². The van der Waals surface area contributed by atoms with E-state index in [1.54, 1.807) is 30.3 Å². The quantitative estimate of drug-likeness (QED) is 0.238. The number of sulfonamides is 1. The summed E-state index contributed by atoms with van der Waals surface area (Å²) in [5, 5.41) is 14.5. The highest BCUT2D eigenvalue weighted by Gasteiger charge is 2.24. The number of hydrogen-bond acceptors (Lipinski definition) is 8. The van der Waals surface area contributed by atoms with Crippen LogP contribution in [0.4, 0.5) is 4.79 Å². The van der Waals surface area contributed by atoms with E-state index in [2.05, 4.69) is 15.4 Å². The summed E-state index contributed by atoms with van der Waals surface area (Å²) in [6.07, 6.45) is -0.486. The number of halogens is 1. The maximum absolute atomic E-state index is 12.7. The second kappa shape index (κ2) is 15.7. The lowest BCUT2D eigenvalue weighted by Crippen LogP contribution is -2.49. The molecule has 0 aliphatic rings. The molecule has 0 heterocycles. The largest absolute Gasteiger partial charge is 0.456 e. The predicted molar refractivity (Wildman–Crippen MR) is 159 cm³/mol. The second-order valence-electron chi connectivity index (χ2n) is 9.77. The van der Waals surface area contributed by atoms with Gasteiger partial charge in [-0.3, -0.25) is 9.59 Å². The van der Waals surface area contributed by atoms with Gasteiger partial charge in [0.1, 0.15) is 35.8 Å². The van der Waals surface area contributed by atoms with Crippen molar-refractivity contribution in [3.63, 3.8) is 0 Å². The standard InChI is InChI=1S/C30H31ClN4O7S/c1-20(2)15-27(35-30(38)41-19-21-7-4-3-5-8-21)29(37)33-17-22(36)18-34-43(39,40)24-13-11-23(12-14-24)42-28-10-6-9-26(31)25(28)16-32/h3-14,20,27,34H,15,17-19H2,1-2H3,(H,33,37)(H,35,38)/t27-/m1/s1. The molecule has 0 saturated heterocycles. The second-order valence-corrected chi connectivity index (χ2v) is 11.9. The normalized spacial score (nSPS) is 11.7. The van der Waals surface area contributed by atoms with Crippen LogP contribution in [0.1, 0.15) is 31.4 Å². The molecule has 0 radical (unpaired) electrons. The summed E-state index contributed by atoms with van der Waals surface area (Å²) in [4.78, 5) is 37.3. The van der Waals surface area contributed by atoms with Crippen LogP contribution in [-0.2, 0) is 31.0 Å². The lowest BCUT2D eigenvalue weighted by molar-refractivity contribution is -0.126. The van der Waals surface area contributed by atoms with Crippen LogP contribution in [0.5, 0.6) is 11.5 Å². The van der Waals surface area contributed by atoms with Crippen LogP contribution in [0.3, 0.4) is 0 Å². The van der Waals surface area contributed by atoms with Crippen molar-refractivity contribution in [3.8, 4) is 17.6 Å². The van der Waals surface area contributed by atoms with Crippen LogP contribution < -0.4 is 20.1 Å². The molecule has 13 heteroatoms. The van der Waals surface area contributed by atoms with Gasteiger partial charge in [0, 0.05) is 0 Å². The molecule has 0 spiro atoms. The Morgan fingerprint density at radius 1 is 0.953 bits per heavy atom. The fourth-order valence-corrected chi connectivity index (χ4v) is 4.97. The summed E-state index contributed by atoms with van der Waals surface area (Å²) >= 11 is 6.00. The summed E-state index contributed by atoms with van der Waals surface area (Å²) in [7, 11) is -4.07. The molecule has 11 nitrogen and oxygen atoms in total. The molecule has 0 aliphatic heterocycles. The van der Waals surface area contributed by atoms with Gasteiger partial charge < -0.3 is 20.1 Å². The zero-order valence-electron chi connectivity index (χ0n) is 23.5. The van der Waals surface area contributed by atoms with E-state index in [9.17, 15) is 28.1 Å². The van der Waals surface area contributed by atoms with Gasteiger partial charge in [0.05, 0.1) is 23.0 Å². The Hall–Kier alpha value is -4.44. The number of ether oxygens (including phenoxy) is 2. The van der Waals surface area contributed by atoms with E-state index in [0.29, 0.717) is 6.42 Å². The van der Waals surface area contributed by atoms with Crippen molar-refractivity contribution in [2.24, 2.45) is 5.92 Å². The number of hydrogen-bond donors (Lipinski definition) is 3. The van der Waals surface area contributed by atoms with Crippen LogP contribution in [0, 0.1) is 17.2 Å². The molecular formula is C30H31ClN4O7S. The van der Waals surface area contributed by atoms with Gasteiger partial charge in [0.15, 0.2) is 5.78 Å². The lowest BCUT2D eigenvalue weighted by Gasteiger charge is -2.20. The Balaban J connectivity index is 1.49. The molecule has 3 aromatic carbocycles. The number of alkyl carbamates (subject to hydrolysis) is 1. The molecule has 0 bridgehead atoms. The van der Waals surface area contributed by atoms with E-state index in [4.69, 9.17) is 21.1 Å². The molecule has 1 atom stereocenters. The van der Waals surface area contributed by atoms with E-state index in [0.717, 1.165) is 5.56 Å². The van der Waals surface area contributed by atoms with E-state index < -0.39 is 46.9 Å². The Labute approximate surface area is 255 Å². The fourth-order valence-electron chi connectivity index (χ4n) is 3.75. The summed E-state index contributed by atoms with van der Waals surface area (Å²) in [5.74, 6) is -0.673. The number of carbonyl (C=O) groups excluding carboxylic acids is 3. The molecule has 0 unspecified atom stereocenters. The minimum absolute atomic E-state index is 0.0289. The Morgan fingerprint density at radius 3 is 2.30 bits per heavy atom. The highest BCUT2D eigenvalue weighted by atomic mass is 35.5. The highest BCUT2D eigenvalue weighted by Crippen LogP contribution is 2.30. The fraction of sp³-hybridized carbons (Fsp3) is 0.267. The number of nitriles is 1. The molecule has 226 valence electrons. The van der Waals surface area contributed by atoms with Crippen molar-refractivity contribution in [1.82, 2.24) is 15.4 Å². The van der Waals surface area contributed by atoms with Crippen LogP contribution in [0.2, 0.25) is 5.02 Å². The Morgan fingerprint density at radius 2 is 1.65 bits per heavy atom. The summed E-state index contributed by atoms with van der Waals surface area (Å²) < 4.78 is 38.4. The Bertz CT molecular complexity index is 1570. The predicted octanol–water partition coefficient (Wildman–Crippen LogP) is 4.31. The van der Waals surface area contributed by atoms with E-state index in [1.807, 2.05) is 38.1 Å². The van der Waals surface area contributed by atoms with Gasteiger partial charge in [0.25, 0.3) is 0 Å². The number of ketones is 1. The summed E-state index contributed by atoms with van der Waals surface area (Å²) in [5.41, 5.74) is 0.925. The van der Waals surface area contributed by atoms with E-state index in [-0.39, 0.29) is 39.5 Å². The molecule has 43 heavy (non-hydrogen) atoms. The maximum atomic E-state index is 12.7. The third-order valence-corrected chi connectivity index (χ3v) is 7.63. The average molecular weight is 627 g/mol. The Kier molecular flexibility index (Phi) is 12.1. The number of benzene rings is 3. The van der Waals surface area contributed by atoms with Crippen LogP contribution >= 0.6 is 11.6 Å². The van der Waals surface area contributed by atoms with Crippen molar-refractivity contribution >= 4 is 39.4 Å². The number of nitrogens with zero attached hydrogens (tertiary/aromatic N) is 1. The van der Waals surface area contributed by atoms with Crippen LogP contribution in [0.15, 0.2) is 77.7 Å². The molecular weight excluding hydrogens is 596 g/mol. The number of amides is 2. The number of nitrogens with one attached hydrogen (secondary N) is 3. The van der Waals surface area contributed by atoms with Gasteiger partial charge in [-0.05, 0) is 54.3 Å². The molecule has 0 fully saturated rings. The van der Waals surface area contributed by atoms with Gasteiger partial charge in [0.2, 0.25) is 15.9 Å². The molecule has 0 saturated carbocycles. The monoisotopic (exact) mass is 626 g/mol. The van der Waals surface area contributed by atoms with Crippen molar-refractivity contribution in [2.45, 2.75) is 37.8 Å². The van der Waals surface area contributed by atoms with Crippen molar-refractivity contribution in [3.05, 3.63) is 88.9 Å². The molecule has 3 rings (SSSR count).